The quantitative estimate of drug-likeness (QED) is 0.199. The van der Waals surface area contributed by atoms with E-state index >= 15 is 4.11 Å². The van der Waals surface area contributed by atoms with Crippen molar-refractivity contribution in [3.63, 3.8) is 0 Å². The van der Waals surface area contributed by atoms with Crippen molar-refractivity contribution in [2.45, 2.75) is 269 Å². The van der Waals surface area contributed by atoms with Crippen LogP contribution < -0.4 is 0 Å². The third-order valence-corrected chi connectivity index (χ3v) is 24.4. The lowest BCUT2D eigenvalue weighted by atomic mass is 10.00. The fourth-order valence-electron chi connectivity index (χ4n) is 10.7. The minimum atomic E-state index is -2.75. The molecule has 0 nitrogen and oxygen atoms in total. The summed E-state index contributed by atoms with van der Waals surface area (Å²) in [5.41, 5.74) is 1.50. The predicted molar refractivity (Wildman–Crippen MR) is 224 cm³/mol. The van der Waals surface area contributed by atoms with Crippen molar-refractivity contribution in [3.8, 4) is 0 Å². The molecular formula is C42H93FSi3. The third kappa shape index (κ3) is 18.0. The maximum atomic E-state index is 15.8. The van der Waals surface area contributed by atoms with Gasteiger partial charge in [0.15, 0.2) is 0 Å². The fraction of sp³-hybridized carbons (Fsp3) is 1.00. The summed E-state index contributed by atoms with van der Waals surface area (Å²) in [6.07, 6.45) is 22.6. The molecule has 3 saturated carbocycles. The molecule has 3 rings (SSSR count). The second kappa shape index (κ2) is 19.3. The summed E-state index contributed by atoms with van der Waals surface area (Å²) in [5, 5.41) is 2.18. The van der Waals surface area contributed by atoms with Gasteiger partial charge in [-0.1, -0.05) is 227 Å². The number of hydrogen-bond donors (Lipinski definition) is 0. The average molecular weight is 701 g/mol. The van der Waals surface area contributed by atoms with Crippen molar-refractivity contribution in [1.82, 2.24) is 0 Å². The van der Waals surface area contributed by atoms with Crippen LogP contribution in [0, 0.1) is 0 Å². The van der Waals surface area contributed by atoms with E-state index in [0.29, 0.717) is 25.7 Å². The smallest absolute Gasteiger partial charge is 0.260 e. The standard InChI is InChI=1S/C14H29FSi.C14H30Si.C8H20Si.C6H12.H2/c1-13(2,3)16(15,14(4,5)6)12-10-8-7-9-11-12;1-13(2,3)15(14(4,5)6)12-10-8-7-9-11-12;1-7(2,3)9-8(4,5)6;1-2-4-6-5-3-1;/h12H,7-11H2,1-6H3;12,15H,7-11H2,1-6H3;9H2,1-6H3;1-6H2;1H/i15+0;;;;. The Bertz CT molecular complexity index is 731. The van der Waals surface area contributed by atoms with Gasteiger partial charge >= 0.3 is 0 Å². The molecule has 0 amide bonds. The molecule has 0 radical (unpaired) electrons. The first-order chi connectivity index (χ1) is 20.5. The Balaban J connectivity index is 0. The van der Waals surface area contributed by atoms with Crippen LogP contribution >= 0.6 is 0 Å². The highest BCUT2D eigenvalue weighted by molar-refractivity contribution is 6.80. The summed E-state index contributed by atoms with van der Waals surface area (Å²) < 4.78 is 15.8. The van der Waals surface area contributed by atoms with Gasteiger partial charge in [-0.15, -0.1) is 0 Å². The van der Waals surface area contributed by atoms with E-state index in [1.54, 1.807) is 0 Å². The Labute approximate surface area is 299 Å². The Morgan fingerprint density at radius 1 is 0.457 bits per heavy atom. The van der Waals surface area contributed by atoms with Crippen LogP contribution in [0.3, 0.4) is 0 Å². The molecule has 0 aromatic carbocycles. The molecule has 0 bridgehead atoms. The van der Waals surface area contributed by atoms with Crippen LogP contribution in [0.5, 0.6) is 0 Å². The minimum Gasteiger partial charge on any atom is -0.312 e. The van der Waals surface area contributed by atoms with Gasteiger partial charge in [-0.3, -0.25) is 0 Å². The maximum absolute atomic E-state index is 15.8. The van der Waals surface area contributed by atoms with Crippen LogP contribution in [0.1, 0.15) is 229 Å². The lowest BCUT2D eigenvalue weighted by molar-refractivity contribution is 0.410. The normalized spacial score (nSPS) is 20.1. The first kappa shape index (κ1) is 46.6. The van der Waals surface area contributed by atoms with E-state index in [2.05, 4.69) is 125 Å². The molecule has 3 aliphatic rings. The second-order valence-electron chi connectivity index (χ2n) is 22.6. The molecule has 46 heavy (non-hydrogen) atoms. The van der Waals surface area contributed by atoms with Crippen LogP contribution in [0.4, 0.5) is 4.11 Å². The summed E-state index contributed by atoms with van der Waals surface area (Å²) >= 11 is 0. The van der Waals surface area contributed by atoms with Gasteiger partial charge in [0.25, 0.3) is 8.41 Å². The molecule has 3 fully saturated rings. The second-order valence-corrected chi connectivity index (χ2v) is 37.8. The van der Waals surface area contributed by atoms with Crippen LogP contribution in [0.15, 0.2) is 0 Å². The van der Waals surface area contributed by atoms with Gasteiger partial charge in [-0.05, 0) is 41.3 Å². The number of hydrogen-bond acceptors (Lipinski definition) is 0. The van der Waals surface area contributed by atoms with E-state index in [4.69, 9.17) is 0 Å². The van der Waals surface area contributed by atoms with E-state index in [-0.39, 0.29) is 21.0 Å². The monoisotopic (exact) mass is 701 g/mol. The highest BCUT2D eigenvalue weighted by atomic mass is 28.4. The Hall–Kier alpha value is 0.581. The van der Waals surface area contributed by atoms with Gasteiger partial charge < -0.3 is 4.11 Å². The zero-order valence-corrected chi connectivity index (χ0v) is 39.2. The zero-order chi connectivity index (χ0) is 36.3. The summed E-state index contributed by atoms with van der Waals surface area (Å²) in [7, 11) is -3.36. The van der Waals surface area contributed by atoms with Gasteiger partial charge in [0.2, 0.25) is 0 Å². The highest BCUT2D eigenvalue weighted by Gasteiger charge is 2.59. The first-order valence-corrected chi connectivity index (χ1v) is 25.4. The Kier molecular flexibility index (Phi) is 19.5. The molecule has 0 saturated heterocycles. The van der Waals surface area contributed by atoms with E-state index in [9.17, 15) is 0 Å². The van der Waals surface area contributed by atoms with E-state index in [1.165, 1.54) is 89.9 Å². The average Bonchev–Trinajstić information content (AvgIpc) is 2.86. The predicted octanol–water partition coefficient (Wildman–Crippen LogP) is 16.2. The van der Waals surface area contributed by atoms with Crippen molar-refractivity contribution in [1.29, 1.82) is 0 Å². The van der Waals surface area contributed by atoms with E-state index in [0.717, 1.165) is 18.4 Å². The molecule has 0 unspecified atom stereocenters. The lowest BCUT2D eigenvalue weighted by Crippen LogP contribution is -2.52. The molecule has 4 heteroatoms. The van der Waals surface area contributed by atoms with Crippen LogP contribution in [0.25, 0.3) is 0 Å². The molecular weight excluding hydrogens is 608 g/mol. The first-order valence-electron chi connectivity index (χ1n) is 20.2. The molecule has 0 atom stereocenters. The minimum absolute atomic E-state index is 0. The zero-order valence-electron chi connectivity index (χ0n) is 35.6. The number of rotatable bonds is 2. The molecule has 0 heterocycles. The van der Waals surface area contributed by atoms with Crippen LogP contribution in [0.2, 0.25) is 41.3 Å². The SMILES string of the molecule is C1CCCCC1.CC(C)(C)[SiH2]C(C)(C)C.CC(C)(C)[SiH](C1CCCCC1)C(C)(C)C.CC(C)(C)[Si]([19F])(C1CCCCC1)C(C)(C)C.[HH]. The van der Waals surface area contributed by atoms with Crippen LogP contribution in [-0.2, 0) is 0 Å². The molecule has 0 aromatic rings. The van der Waals surface area contributed by atoms with Gasteiger partial charge in [0.05, 0.1) is 8.80 Å². The van der Waals surface area contributed by atoms with Gasteiger partial charge in [-0.2, -0.15) is 0 Å². The van der Waals surface area contributed by atoms with Crippen molar-refractivity contribution in [3.05, 3.63) is 0 Å². The van der Waals surface area contributed by atoms with Crippen LogP contribution in [-0.4, -0.2) is 26.7 Å². The van der Waals surface area contributed by atoms with Crippen molar-refractivity contribution >= 4 is 26.7 Å². The van der Waals surface area contributed by atoms with Crippen molar-refractivity contribution in [2.75, 3.05) is 0 Å². The molecule has 0 aliphatic heterocycles. The third-order valence-electron chi connectivity index (χ3n) is 10.9. The van der Waals surface area contributed by atoms with E-state index in [1.807, 2.05) is 0 Å². The maximum Gasteiger partial charge on any atom is 0.260 e. The van der Waals surface area contributed by atoms with Crippen molar-refractivity contribution < 1.29 is 5.53 Å². The molecule has 3 aliphatic carbocycles. The topological polar surface area (TPSA) is 0 Å². The molecule has 280 valence electrons. The van der Waals surface area contributed by atoms with Gasteiger partial charge in [-0.25, -0.2) is 0 Å². The van der Waals surface area contributed by atoms with Gasteiger partial charge in [0.1, 0.15) is 0 Å². The Morgan fingerprint density at radius 2 is 0.717 bits per heavy atom. The number of halogens is 1. The largest absolute Gasteiger partial charge is 0.312 e. The van der Waals surface area contributed by atoms with Gasteiger partial charge in [0, 0.05) is 10.9 Å². The fourth-order valence-corrected chi connectivity index (χ4v) is 26.3. The molecule has 0 aromatic heterocycles. The van der Waals surface area contributed by atoms with E-state index < -0.39 is 17.2 Å². The Morgan fingerprint density at radius 3 is 0.935 bits per heavy atom. The highest BCUT2D eigenvalue weighted by Crippen LogP contribution is 2.60. The molecule has 0 N–H and O–H groups in total. The van der Waals surface area contributed by atoms with Crippen molar-refractivity contribution in [2.24, 2.45) is 0 Å². The summed E-state index contributed by atoms with van der Waals surface area (Å²) in [6, 6.07) is 0. The lowest BCUT2D eigenvalue weighted by Gasteiger charge is -2.50. The summed E-state index contributed by atoms with van der Waals surface area (Å²) in [6.45, 7) is 41.8. The summed E-state index contributed by atoms with van der Waals surface area (Å²) in [4.78, 5) is 0. The molecule has 0 spiro atoms. The summed E-state index contributed by atoms with van der Waals surface area (Å²) in [5.74, 6) is 0.